The zero-order valence-corrected chi connectivity index (χ0v) is 19.5. The first-order chi connectivity index (χ1) is 17.5. The average molecular weight is 486 g/mol. The van der Waals surface area contributed by atoms with Crippen LogP contribution in [0, 0.1) is 0 Å². The maximum Gasteiger partial charge on any atom is 0.262 e. The number of hydrogen-bond donors (Lipinski definition) is 2. The molecule has 0 saturated carbocycles. The normalized spacial score (nSPS) is 19.4. The van der Waals surface area contributed by atoms with Gasteiger partial charge in [0.1, 0.15) is 5.69 Å². The molecule has 6 heterocycles. The van der Waals surface area contributed by atoms with Crippen LogP contribution in [0.4, 0.5) is 11.6 Å². The monoisotopic (exact) mass is 485 g/mol. The third kappa shape index (κ3) is 3.97. The molecule has 11 nitrogen and oxygen atoms in total. The number of nitrogens with zero attached hydrogens (tertiary/aromatic N) is 6. The number of aliphatic hydroxyl groups is 1. The number of ether oxygens (including phenoxy) is 1. The lowest BCUT2D eigenvalue weighted by Gasteiger charge is -2.16. The summed E-state index contributed by atoms with van der Waals surface area (Å²) in [4.78, 5) is 32.0. The van der Waals surface area contributed by atoms with Crippen molar-refractivity contribution in [1.82, 2.24) is 30.0 Å². The van der Waals surface area contributed by atoms with Crippen molar-refractivity contribution in [3.63, 3.8) is 0 Å². The molecule has 2 N–H and O–H groups in total. The van der Waals surface area contributed by atoms with Gasteiger partial charge >= 0.3 is 0 Å². The van der Waals surface area contributed by atoms with Gasteiger partial charge in [0.15, 0.2) is 5.76 Å². The highest BCUT2D eigenvalue weighted by Gasteiger charge is 2.48. The first-order valence-electron chi connectivity index (χ1n) is 11.6. The van der Waals surface area contributed by atoms with Gasteiger partial charge in [0.05, 0.1) is 42.2 Å². The quantitative estimate of drug-likeness (QED) is 0.433. The van der Waals surface area contributed by atoms with Gasteiger partial charge in [0.2, 0.25) is 11.5 Å². The fourth-order valence-corrected chi connectivity index (χ4v) is 4.39. The van der Waals surface area contributed by atoms with Crippen LogP contribution >= 0.6 is 0 Å². The summed E-state index contributed by atoms with van der Waals surface area (Å²) in [6.07, 6.45) is 4.47. The molecule has 36 heavy (non-hydrogen) atoms. The zero-order chi connectivity index (χ0) is 24.7. The molecule has 0 spiro atoms. The van der Waals surface area contributed by atoms with Crippen molar-refractivity contribution in [2.24, 2.45) is 0 Å². The van der Waals surface area contributed by atoms with Crippen LogP contribution in [0.3, 0.4) is 0 Å². The molecule has 0 bridgehead atoms. The molecule has 1 saturated heterocycles. The third-order valence-electron chi connectivity index (χ3n) is 6.41. The highest BCUT2D eigenvalue weighted by molar-refractivity contribution is 5.87. The molecule has 6 rings (SSSR count). The number of amides is 1. The van der Waals surface area contributed by atoms with Gasteiger partial charge in [-0.3, -0.25) is 9.78 Å². The van der Waals surface area contributed by atoms with E-state index in [1.807, 2.05) is 18.2 Å². The van der Waals surface area contributed by atoms with Crippen molar-refractivity contribution in [2.45, 2.75) is 25.0 Å². The summed E-state index contributed by atoms with van der Waals surface area (Å²) in [5.74, 6) is 0.110. The largest absolute Gasteiger partial charge is 0.376 e. The van der Waals surface area contributed by atoms with Crippen LogP contribution in [0.5, 0.6) is 0 Å². The number of hydrogen-bond acceptors (Lipinski definition) is 10. The van der Waals surface area contributed by atoms with Gasteiger partial charge in [0, 0.05) is 50.0 Å². The maximum atomic E-state index is 12.4. The van der Waals surface area contributed by atoms with E-state index in [-0.39, 0.29) is 12.2 Å². The molecule has 2 aliphatic rings. The van der Waals surface area contributed by atoms with Crippen LogP contribution in [-0.2, 0) is 28.2 Å². The summed E-state index contributed by atoms with van der Waals surface area (Å²) >= 11 is 0. The molecule has 1 atom stereocenters. The molecule has 2 aliphatic heterocycles. The highest BCUT2D eigenvalue weighted by Crippen LogP contribution is 2.34. The van der Waals surface area contributed by atoms with Crippen LogP contribution in [0.15, 0.2) is 53.3 Å². The molecule has 1 amide bonds. The minimum Gasteiger partial charge on any atom is -0.376 e. The summed E-state index contributed by atoms with van der Waals surface area (Å²) in [5, 5.41) is 18.1. The smallest absolute Gasteiger partial charge is 0.262 e. The summed E-state index contributed by atoms with van der Waals surface area (Å²) in [6, 6.07) is 10.8. The number of carbonyl (C=O) groups excluding carboxylic acids is 1. The van der Waals surface area contributed by atoms with Crippen molar-refractivity contribution < 1.29 is 19.2 Å². The Morgan fingerprint density at radius 3 is 2.75 bits per heavy atom. The van der Waals surface area contributed by atoms with Gasteiger partial charge in [-0.15, -0.1) is 0 Å². The first-order valence-corrected chi connectivity index (χ1v) is 11.6. The molecule has 1 unspecified atom stereocenters. The van der Waals surface area contributed by atoms with Gasteiger partial charge in [0.25, 0.3) is 5.91 Å². The summed E-state index contributed by atoms with van der Waals surface area (Å²) in [7, 11) is 1.64. The van der Waals surface area contributed by atoms with E-state index in [0.717, 1.165) is 23.4 Å². The van der Waals surface area contributed by atoms with E-state index in [1.54, 1.807) is 37.6 Å². The predicted octanol–water partition coefficient (Wildman–Crippen LogP) is 2.45. The molecular weight excluding hydrogens is 462 g/mol. The summed E-state index contributed by atoms with van der Waals surface area (Å²) in [5.41, 5.74) is 3.33. The van der Waals surface area contributed by atoms with E-state index in [4.69, 9.17) is 9.26 Å². The Morgan fingerprint density at radius 1 is 1.08 bits per heavy atom. The highest BCUT2D eigenvalue weighted by atomic mass is 16.5. The maximum absolute atomic E-state index is 12.4. The van der Waals surface area contributed by atoms with Crippen molar-refractivity contribution >= 4 is 17.5 Å². The lowest BCUT2D eigenvalue weighted by molar-refractivity contribution is -0.144. The van der Waals surface area contributed by atoms with Crippen molar-refractivity contribution in [3.05, 3.63) is 65.8 Å². The molecule has 182 valence electrons. The third-order valence-corrected chi connectivity index (χ3v) is 6.41. The molecule has 0 aliphatic carbocycles. The Bertz CT molecular complexity index is 1460. The van der Waals surface area contributed by atoms with E-state index >= 15 is 0 Å². The lowest BCUT2D eigenvalue weighted by Crippen LogP contribution is -2.35. The number of likely N-dealkylation sites (N-methyl/N-ethyl adjacent to an activating group) is 1. The Hall–Kier alpha value is -4.22. The minimum absolute atomic E-state index is 0.108. The first kappa shape index (κ1) is 22.3. The molecule has 0 aromatic carbocycles. The number of anilines is 2. The number of likely N-dealkylation sites (tertiary alicyclic amines) is 1. The summed E-state index contributed by atoms with van der Waals surface area (Å²) in [6.45, 7) is 1.68. The molecule has 4 aromatic rings. The van der Waals surface area contributed by atoms with Crippen LogP contribution in [-0.4, -0.2) is 61.2 Å². The number of aromatic nitrogens is 5. The van der Waals surface area contributed by atoms with E-state index in [0.29, 0.717) is 48.5 Å². The van der Waals surface area contributed by atoms with Crippen LogP contribution in [0.2, 0.25) is 0 Å². The van der Waals surface area contributed by atoms with E-state index in [9.17, 15) is 9.90 Å². The van der Waals surface area contributed by atoms with E-state index in [1.165, 1.54) is 4.90 Å². The second-order valence-electron chi connectivity index (χ2n) is 8.84. The fourth-order valence-electron chi connectivity index (χ4n) is 4.39. The van der Waals surface area contributed by atoms with Crippen molar-refractivity contribution in [2.75, 3.05) is 25.5 Å². The lowest BCUT2D eigenvalue weighted by atomic mass is 9.98. The topological polar surface area (TPSA) is 139 Å². The summed E-state index contributed by atoms with van der Waals surface area (Å²) < 4.78 is 10.9. The minimum atomic E-state index is -1.71. The van der Waals surface area contributed by atoms with Gasteiger partial charge in [-0.25, -0.2) is 15.0 Å². The predicted molar refractivity (Wildman–Crippen MR) is 128 cm³/mol. The standard InChI is InChI=1S/C25H23N7O4/c1-32-9-7-25(34,23(32)33)22-12-21(31-36-22)19-4-2-3-18(29-19)20-5-8-26-24(30-20)28-16-11-15-14-35-10-6-17(15)27-13-16/h2-5,8,11-13,34H,6-7,9-10,14H2,1H3,(H,26,28,30). The van der Waals surface area contributed by atoms with Gasteiger partial charge in [-0.1, -0.05) is 11.2 Å². The van der Waals surface area contributed by atoms with Gasteiger partial charge < -0.3 is 24.6 Å². The molecule has 11 heteroatoms. The second kappa shape index (κ2) is 8.77. The number of pyridine rings is 2. The number of nitrogens with one attached hydrogen (secondary N) is 1. The van der Waals surface area contributed by atoms with E-state index in [2.05, 4.69) is 30.4 Å². The Morgan fingerprint density at radius 2 is 1.92 bits per heavy atom. The Balaban J connectivity index is 1.25. The molecular formula is C25H23N7O4. The Kier molecular flexibility index (Phi) is 5.42. The number of fused-ring (bicyclic) bond motifs is 1. The fraction of sp³-hybridized carbons (Fsp3) is 0.280. The second-order valence-corrected chi connectivity index (χ2v) is 8.84. The van der Waals surface area contributed by atoms with Crippen molar-refractivity contribution in [3.8, 4) is 22.8 Å². The zero-order valence-electron chi connectivity index (χ0n) is 19.5. The molecule has 0 radical (unpaired) electrons. The van der Waals surface area contributed by atoms with Crippen molar-refractivity contribution in [1.29, 1.82) is 0 Å². The molecule has 4 aromatic heterocycles. The van der Waals surface area contributed by atoms with E-state index < -0.39 is 11.5 Å². The number of carbonyl (C=O) groups is 1. The molecule has 1 fully saturated rings. The Labute approximate surface area is 206 Å². The number of rotatable bonds is 5. The van der Waals surface area contributed by atoms with Gasteiger partial charge in [-0.2, -0.15) is 0 Å². The van der Waals surface area contributed by atoms with Crippen LogP contribution < -0.4 is 5.32 Å². The van der Waals surface area contributed by atoms with Crippen LogP contribution in [0.1, 0.15) is 23.4 Å². The SMILES string of the molecule is CN1CCC(O)(c2cc(-c3cccc(-c4ccnc(Nc5cnc6c(c5)COCC6)n4)n3)no2)C1=O. The van der Waals surface area contributed by atoms with Gasteiger partial charge in [-0.05, 0) is 24.3 Å². The average Bonchev–Trinajstić information content (AvgIpc) is 3.51. The van der Waals surface area contributed by atoms with Crippen LogP contribution in [0.25, 0.3) is 22.8 Å².